The number of rotatable bonds is 0. The molecule has 0 saturated carbocycles. The third kappa shape index (κ3) is 3.63. The van der Waals surface area contributed by atoms with Crippen molar-refractivity contribution in [3.8, 4) is 0 Å². The molecule has 2 unspecified atom stereocenters. The normalized spacial score (nSPS) is 27.3. The van der Waals surface area contributed by atoms with Crippen LogP contribution in [0.15, 0.2) is 11.5 Å². The van der Waals surface area contributed by atoms with Gasteiger partial charge in [0, 0.05) is 0 Å². The first-order valence-electron chi connectivity index (χ1n) is 5.94. The third-order valence-electron chi connectivity index (χ3n) is 1.99. The van der Waals surface area contributed by atoms with Crippen molar-refractivity contribution >= 4 is 11.8 Å². The maximum absolute atomic E-state index is 5.52. The van der Waals surface area contributed by atoms with Gasteiger partial charge in [-0.1, -0.05) is 27.7 Å². The fourth-order valence-electron chi connectivity index (χ4n) is 1.51. The van der Waals surface area contributed by atoms with Crippen molar-refractivity contribution in [2.45, 2.75) is 52.0 Å². The molecule has 0 aromatic carbocycles. The quantitative estimate of drug-likeness (QED) is 0.632. The Morgan fingerprint density at radius 3 is 1.53 bits per heavy atom. The smallest absolute Gasteiger partial charge is 0.148 e. The monoisotopic (exact) mass is 232 g/mol. The van der Waals surface area contributed by atoms with Gasteiger partial charge in [-0.3, -0.25) is 0 Å². The van der Waals surface area contributed by atoms with Crippen molar-refractivity contribution in [3.63, 3.8) is 0 Å². The molecule has 0 aliphatic carbocycles. The van der Waals surface area contributed by atoms with Gasteiger partial charge in [0.25, 0.3) is 0 Å². The summed E-state index contributed by atoms with van der Waals surface area (Å²) < 4.78 is 11.0. The van der Waals surface area contributed by atoms with Gasteiger partial charge in [-0.2, -0.15) is 0 Å². The van der Waals surface area contributed by atoms with E-state index in [2.05, 4.69) is 13.8 Å². The van der Waals surface area contributed by atoms with Crippen molar-refractivity contribution in [3.05, 3.63) is 11.5 Å². The Labute approximate surface area is 98.4 Å². The maximum Gasteiger partial charge on any atom is 0.148 e. The number of hydrogen-bond acceptors (Lipinski definition) is 3. The average Bonchev–Trinajstić information content (AvgIpc) is 2.61. The fraction of sp³-hybridized carbons (Fsp3) is 0.833. The molecule has 2 atom stereocenters. The second-order valence-electron chi connectivity index (χ2n) is 2.85. The Kier molecular flexibility index (Phi) is 7.75. The Balaban J connectivity index is 0.000000442. The predicted octanol–water partition coefficient (Wildman–Crippen LogP) is 3.82. The van der Waals surface area contributed by atoms with Crippen LogP contribution < -0.4 is 0 Å². The van der Waals surface area contributed by atoms with E-state index in [4.69, 9.17) is 9.47 Å². The summed E-state index contributed by atoms with van der Waals surface area (Å²) in [7, 11) is 0. The molecule has 0 spiro atoms. The van der Waals surface area contributed by atoms with Crippen LogP contribution >= 0.6 is 11.8 Å². The molecular weight excluding hydrogens is 208 g/mol. The largest absolute Gasteiger partial charge is 0.490 e. The molecule has 2 aliphatic rings. The lowest BCUT2D eigenvalue weighted by molar-refractivity contribution is 0.0609. The highest BCUT2D eigenvalue weighted by molar-refractivity contribution is 8.01. The Bertz CT molecular complexity index is 182. The highest BCUT2D eigenvalue weighted by Gasteiger charge is 2.33. The molecular formula is C12H24O2S. The van der Waals surface area contributed by atoms with Crippen molar-refractivity contribution in [1.82, 2.24) is 0 Å². The van der Waals surface area contributed by atoms with Crippen molar-refractivity contribution in [2.75, 3.05) is 13.2 Å². The van der Waals surface area contributed by atoms with Crippen LogP contribution in [0.3, 0.4) is 0 Å². The van der Waals surface area contributed by atoms with E-state index < -0.39 is 0 Å². The molecule has 2 rings (SSSR count). The van der Waals surface area contributed by atoms with Crippen molar-refractivity contribution in [1.29, 1.82) is 0 Å². The first-order valence-corrected chi connectivity index (χ1v) is 6.88. The molecule has 0 bridgehead atoms. The minimum absolute atomic E-state index is 0.486. The van der Waals surface area contributed by atoms with Crippen LogP contribution in [-0.2, 0) is 9.47 Å². The topological polar surface area (TPSA) is 18.5 Å². The van der Waals surface area contributed by atoms with Crippen LogP contribution in [-0.4, -0.2) is 23.7 Å². The Morgan fingerprint density at radius 2 is 1.20 bits per heavy atom. The zero-order valence-electron chi connectivity index (χ0n) is 10.8. The number of ether oxygens (including phenoxy) is 2. The van der Waals surface area contributed by atoms with Crippen molar-refractivity contribution < 1.29 is 9.47 Å². The highest BCUT2D eigenvalue weighted by atomic mass is 32.2. The standard InChI is InChI=1S/C8H12O2S.2C2H6/c1-5-7-8(6(2)11-5)10-4-3-9-7;2*1-2/h5-6H,3-4H2,1-2H3;2*1-2H3. The molecule has 0 amide bonds. The first-order chi connectivity index (χ1) is 7.29. The van der Waals surface area contributed by atoms with E-state index in [0.29, 0.717) is 10.5 Å². The molecule has 0 fully saturated rings. The molecule has 2 nitrogen and oxygen atoms in total. The lowest BCUT2D eigenvalue weighted by atomic mass is 10.2. The second-order valence-corrected chi connectivity index (χ2v) is 4.53. The van der Waals surface area contributed by atoms with E-state index in [-0.39, 0.29) is 0 Å². The molecule has 0 saturated heterocycles. The molecule has 2 heterocycles. The fourth-order valence-corrected chi connectivity index (χ4v) is 2.74. The minimum atomic E-state index is 0.486. The molecule has 3 heteroatoms. The summed E-state index contributed by atoms with van der Waals surface area (Å²) >= 11 is 1.90. The van der Waals surface area contributed by atoms with Gasteiger partial charge in [0.1, 0.15) is 24.7 Å². The summed E-state index contributed by atoms with van der Waals surface area (Å²) in [6.07, 6.45) is 0. The van der Waals surface area contributed by atoms with Gasteiger partial charge < -0.3 is 9.47 Å². The first kappa shape index (κ1) is 14.7. The van der Waals surface area contributed by atoms with E-state index in [0.717, 1.165) is 24.7 Å². The van der Waals surface area contributed by atoms with Gasteiger partial charge in [0.05, 0.1) is 10.5 Å². The van der Waals surface area contributed by atoms with Crippen LogP contribution in [0.25, 0.3) is 0 Å². The molecule has 0 aromatic heterocycles. The zero-order valence-corrected chi connectivity index (χ0v) is 11.6. The van der Waals surface area contributed by atoms with Gasteiger partial charge in [0.2, 0.25) is 0 Å². The number of hydrogen-bond donors (Lipinski definition) is 0. The third-order valence-corrected chi connectivity index (χ3v) is 3.23. The SMILES string of the molecule is CC.CC.CC1SC(C)C2=C1OCCO2. The van der Waals surface area contributed by atoms with E-state index in [1.165, 1.54) is 0 Å². The molecule has 2 aliphatic heterocycles. The Hall–Kier alpha value is -0.310. The Morgan fingerprint density at radius 1 is 0.867 bits per heavy atom. The molecule has 15 heavy (non-hydrogen) atoms. The lowest BCUT2D eigenvalue weighted by Gasteiger charge is -2.19. The van der Waals surface area contributed by atoms with E-state index in [1.54, 1.807) is 0 Å². The average molecular weight is 232 g/mol. The summed E-state index contributed by atoms with van der Waals surface area (Å²) in [5.74, 6) is 2.16. The van der Waals surface area contributed by atoms with E-state index in [1.807, 2.05) is 39.5 Å². The van der Waals surface area contributed by atoms with Gasteiger partial charge in [-0.15, -0.1) is 11.8 Å². The van der Waals surface area contributed by atoms with Gasteiger partial charge in [-0.05, 0) is 13.8 Å². The van der Waals surface area contributed by atoms with Crippen LogP contribution in [0.5, 0.6) is 0 Å². The minimum Gasteiger partial charge on any atom is -0.490 e. The summed E-state index contributed by atoms with van der Waals surface area (Å²) in [4.78, 5) is 0. The second kappa shape index (κ2) is 7.91. The lowest BCUT2D eigenvalue weighted by Crippen LogP contribution is -2.16. The predicted molar refractivity (Wildman–Crippen MR) is 68.1 cm³/mol. The molecule has 0 N–H and O–H groups in total. The van der Waals surface area contributed by atoms with E-state index in [9.17, 15) is 0 Å². The van der Waals surface area contributed by atoms with Crippen LogP contribution in [0, 0.1) is 0 Å². The van der Waals surface area contributed by atoms with Gasteiger partial charge in [-0.25, -0.2) is 0 Å². The summed E-state index contributed by atoms with van der Waals surface area (Å²) in [6.45, 7) is 13.8. The highest BCUT2D eigenvalue weighted by Crippen LogP contribution is 2.40. The van der Waals surface area contributed by atoms with Crippen LogP contribution in [0.4, 0.5) is 0 Å². The van der Waals surface area contributed by atoms with Gasteiger partial charge in [0.15, 0.2) is 0 Å². The zero-order chi connectivity index (χ0) is 11.8. The summed E-state index contributed by atoms with van der Waals surface area (Å²) in [5, 5.41) is 0.973. The molecule has 0 radical (unpaired) electrons. The van der Waals surface area contributed by atoms with Gasteiger partial charge >= 0.3 is 0 Å². The maximum atomic E-state index is 5.52. The van der Waals surface area contributed by atoms with Crippen LogP contribution in [0.2, 0.25) is 0 Å². The van der Waals surface area contributed by atoms with Crippen LogP contribution in [0.1, 0.15) is 41.5 Å². The molecule has 90 valence electrons. The summed E-state index contributed by atoms with van der Waals surface area (Å²) in [6, 6.07) is 0. The van der Waals surface area contributed by atoms with E-state index >= 15 is 0 Å². The molecule has 0 aromatic rings. The summed E-state index contributed by atoms with van der Waals surface area (Å²) in [5.41, 5.74) is 0. The van der Waals surface area contributed by atoms with Crippen molar-refractivity contribution in [2.24, 2.45) is 0 Å². The number of thioether (sulfide) groups is 1.